The fourth-order valence-electron chi connectivity index (χ4n) is 7.25. The van der Waals surface area contributed by atoms with Crippen LogP contribution in [-0.2, 0) is 0 Å². The van der Waals surface area contributed by atoms with E-state index in [1.54, 1.807) is 4.57 Å². The maximum atomic E-state index is 14.7. The Bertz CT molecular complexity index is 2930. The Morgan fingerprint density at radius 3 is 1.96 bits per heavy atom. The first kappa shape index (κ1) is 28.1. The first-order valence-electron chi connectivity index (χ1n) is 16.5. The van der Waals surface area contributed by atoms with Crippen molar-refractivity contribution < 1.29 is 4.57 Å². The lowest BCUT2D eigenvalue weighted by atomic mass is 10.1. The average Bonchev–Trinajstić information content (AvgIpc) is 3.82. The lowest BCUT2D eigenvalue weighted by Gasteiger charge is -2.09. The molecule has 10 rings (SSSR count). The molecule has 7 heteroatoms. The van der Waals surface area contributed by atoms with Gasteiger partial charge in [-0.1, -0.05) is 91.0 Å². The largest absolute Gasteiger partial charge is 0.338 e. The van der Waals surface area contributed by atoms with E-state index in [9.17, 15) is 4.79 Å². The second-order valence-corrected chi connectivity index (χ2v) is 12.3. The second kappa shape index (κ2) is 11.0. The summed E-state index contributed by atoms with van der Waals surface area (Å²) in [4.78, 5) is 19.4. The van der Waals surface area contributed by atoms with Crippen molar-refractivity contribution in [2.24, 2.45) is 0 Å². The van der Waals surface area contributed by atoms with Gasteiger partial charge in [0.1, 0.15) is 5.82 Å². The van der Waals surface area contributed by atoms with E-state index < -0.39 is 0 Å². The number of para-hydroxylation sites is 5. The van der Waals surface area contributed by atoms with E-state index in [-0.39, 0.29) is 5.69 Å². The number of nitrogens with zero attached hydrogens (tertiary/aromatic N) is 6. The van der Waals surface area contributed by atoms with Crippen molar-refractivity contribution in [1.29, 1.82) is 0 Å². The predicted octanol–water partition coefficient (Wildman–Crippen LogP) is 8.29. The molecule has 7 nitrogen and oxygen atoms in total. The van der Waals surface area contributed by atoms with Crippen LogP contribution in [0, 0.1) is 6.33 Å². The van der Waals surface area contributed by atoms with Crippen LogP contribution in [0.1, 0.15) is 0 Å². The van der Waals surface area contributed by atoms with Gasteiger partial charge in [-0.05, 0) is 72.8 Å². The molecule has 0 aliphatic rings. The number of hydrogen-bond acceptors (Lipinski definition) is 2. The first-order valence-corrected chi connectivity index (χ1v) is 16.5. The zero-order valence-corrected chi connectivity index (χ0v) is 26.8. The summed E-state index contributed by atoms with van der Waals surface area (Å²) >= 11 is 0. The highest BCUT2D eigenvalue weighted by Crippen LogP contribution is 2.34. The zero-order chi connectivity index (χ0) is 33.2. The monoisotopic (exact) mass is 644 g/mol. The van der Waals surface area contributed by atoms with Crippen molar-refractivity contribution in [1.82, 2.24) is 23.3 Å². The number of benzene rings is 6. The van der Waals surface area contributed by atoms with Crippen LogP contribution in [0.3, 0.4) is 0 Å². The van der Waals surface area contributed by atoms with Crippen molar-refractivity contribution >= 4 is 43.9 Å². The average molecular weight is 645 g/mol. The fourth-order valence-corrected chi connectivity index (χ4v) is 7.25. The molecule has 0 atom stereocenters. The molecule has 0 aliphatic heterocycles. The lowest BCUT2D eigenvalue weighted by Crippen LogP contribution is -2.29. The van der Waals surface area contributed by atoms with Crippen molar-refractivity contribution in [3.05, 3.63) is 187 Å². The molecule has 0 aliphatic carbocycles. The Kier molecular flexibility index (Phi) is 6.19. The number of fused-ring (bicyclic) bond motifs is 5. The topological polar surface area (TPSA) is 53.6 Å². The van der Waals surface area contributed by atoms with Crippen LogP contribution in [0.25, 0.3) is 72.4 Å². The standard InChI is InChI=1S/C43H28N6O/c50-43-47(31-15-5-2-6-16-31)39-25-23-32(46-29-45(30-13-3-1-4-14-30)37-19-9-10-20-38(37)46)27-41(39)48(43)33-22-24-35-34-17-7-8-18-36(34)49(40(35)28-33)42-21-11-12-26-44-42/h1-28H. The van der Waals surface area contributed by atoms with E-state index in [2.05, 4.69) is 86.8 Å². The third-order valence-electron chi connectivity index (χ3n) is 9.47. The molecule has 4 heterocycles. The molecule has 4 aromatic heterocycles. The molecule has 0 amide bonds. The van der Waals surface area contributed by atoms with Gasteiger partial charge in [-0.15, -0.1) is 0 Å². The van der Waals surface area contributed by atoms with Crippen molar-refractivity contribution in [3.8, 4) is 28.6 Å². The highest BCUT2D eigenvalue weighted by Gasteiger charge is 2.20. The fraction of sp³-hybridized carbons (Fsp3) is 0. The zero-order valence-electron chi connectivity index (χ0n) is 26.8. The molecule has 6 aromatic carbocycles. The van der Waals surface area contributed by atoms with Gasteiger partial charge in [-0.3, -0.25) is 22.8 Å². The van der Waals surface area contributed by atoms with E-state index in [1.807, 2.05) is 108 Å². The molecule has 0 radical (unpaired) electrons. The quantitative estimate of drug-likeness (QED) is 0.140. The third-order valence-corrected chi connectivity index (χ3v) is 9.47. The van der Waals surface area contributed by atoms with Gasteiger partial charge >= 0.3 is 5.69 Å². The summed E-state index contributed by atoms with van der Waals surface area (Å²) < 4.78 is 9.93. The van der Waals surface area contributed by atoms with Gasteiger partial charge in [0.05, 0.1) is 55.8 Å². The molecule has 0 saturated heterocycles. The van der Waals surface area contributed by atoms with E-state index in [0.29, 0.717) is 0 Å². The summed E-state index contributed by atoms with van der Waals surface area (Å²) in [5, 5.41) is 2.22. The third kappa shape index (κ3) is 4.20. The van der Waals surface area contributed by atoms with Gasteiger partial charge in [-0.2, -0.15) is 0 Å². The summed E-state index contributed by atoms with van der Waals surface area (Å²) in [6.45, 7) is 0. The van der Waals surface area contributed by atoms with Gasteiger partial charge in [-0.25, -0.2) is 9.78 Å². The molecule has 0 bridgehead atoms. The number of imidazole rings is 2. The molecule has 0 spiro atoms. The van der Waals surface area contributed by atoms with Crippen molar-refractivity contribution in [2.75, 3.05) is 0 Å². The molecular weight excluding hydrogens is 617 g/mol. The molecule has 10 aromatic rings. The smallest absolute Gasteiger partial charge is 0.294 e. The van der Waals surface area contributed by atoms with Crippen LogP contribution < -0.4 is 10.3 Å². The van der Waals surface area contributed by atoms with Crippen molar-refractivity contribution in [3.63, 3.8) is 0 Å². The Hall–Kier alpha value is -6.99. The molecule has 0 fully saturated rings. The number of hydrogen-bond donors (Lipinski definition) is 0. The van der Waals surface area contributed by atoms with Crippen LogP contribution in [0.4, 0.5) is 0 Å². The van der Waals surface area contributed by atoms with Crippen LogP contribution >= 0.6 is 0 Å². The van der Waals surface area contributed by atoms with Crippen molar-refractivity contribution in [2.45, 2.75) is 0 Å². The summed E-state index contributed by atoms with van der Waals surface area (Å²) in [6, 6.07) is 55.1. The van der Waals surface area contributed by atoms with E-state index in [4.69, 9.17) is 4.98 Å². The highest BCUT2D eigenvalue weighted by atomic mass is 16.1. The van der Waals surface area contributed by atoms with Gasteiger partial charge in [0.2, 0.25) is 0 Å². The lowest BCUT2D eigenvalue weighted by molar-refractivity contribution is -0.572. The van der Waals surface area contributed by atoms with E-state index in [1.165, 1.54) is 0 Å². The molecular formula is C43H28N6O. The minimum atomic E-state index is -0.149. The maximum absolute atomic E-state index is 14.7. The SMILES string of the molecule is O=c1n(-c2ccccc2)c2ccc(-n3[c-][n+](-c4ccccc4)c4ccccc43)cc2n1-c1ccc2c3ccccc3n(-c3ccccn3)c2c1. The van der Waals surface area contributed by atoms with Gasteiger partial charge in [0, 0.05) is 17.0 Å². The van der Waals surface area contributed by atoms with Gasteiger partial charge in [0.15, 0.2) is 0 Å². The minimum absolute atomic E-state index is 0.149. The minimum Gasteiger partial charge on any atom is -0.294 e. The molecule has 0 unspecified atom stereocenters. The molecule has 236 valence electrons. The summed E-state index contributed by atoms with van der Waals surface area (Å²) in [6.07, 6.45) is 5.40. The molecule has 50 heavy (non-hydrogen) atoms. The number of aromatic nitrogens is 6. The summed E-state index contributed by atoms with van der Waals surface area (Å²) in [5.74, 6) is 0.818. The van der Waals surface area contributed by atoms with Crippen LogP contribution in [0.2, 0.25) is 0 Å². The first-order chi connectivity index (χ1) is 24.7. The second-order valence-electron chi connectivity index (χ2n) is 12.3. The molecule has 0 N–H and O–H groups in total. The summed E-state index contributed by atoms with van der Waals surface area (Å²) in [5.41, 5.74) is 9.00. The maximum Gasteiger partial charge on any atom is 0.338 e. The number of rotatable bonds is 5. The summed E-state index contributed by atoms with van der Waals surface area (Å²) in [7, 11) is 0. The van der Waals surface area contributed by atoms with Crippen LogP contribution in [-0.4, -0.2) is 23.3 Å². The van der Waals surface area contributed by atoms with E-state index in [0.717, 1.165) is 72.4 Å². The predicted molar refractivity (Wildman–Crippen MR) is 198 cm³/mol. The number of pyridine rings is 1. The normalized spacial score (nSPS) is 11.7. The van der Waals surface area contributed by atoms with Crippen LogP contribution in [0.15, 0.2) is 175 Å². The Labute approximate surface area is 286 Å². The Morgan fingerprint density at radius 1 is 0.480 bits per heavy atom. The Balaban J connectivity index is 1.26. The Morgan fingerprint density at radius 2 is 1.14 bits per heavy atom. The molecule has 0 saturated carbocycles. The van der Waals surface area contributed by atoms with Gasteiger partial charge < -0.3 is 0 Å². The van der Waals surface area contributed by atoms with Crippen LogP contribution in [0.5, 0.6) is 0 Å². The van der Waals surface area contributed by atoms with E-state index >= 15 is 0 Å². The highest BCUT2D eigenvalue weighted by molar-refractivity contribution is 6.09. The van der Waals surface area contributed by atoms with Gasteiger partial charge in [0.25, 0.3) is 6.33 Å².